The molecule has 0 radical (unpaired) electrons. The zero-order valence-corrected chi connectivity index (χ0v) is 26.1. The molecule has 0 saturated carbocycles. The number of alkyl halides is 1. The van der Waals surface area contributed by atoms with Crippen LogP contribution in [0.15, 0.2) is 104 Å². The summed E-state index contributed by atoms with van der Waals surface area (Å²) in [5, 5.41) is 0. The monoisotopic (exact) mass is 498 g/mol. The van der Waals surface area contributed by atoms with E-state index >= 15 is 0 Å². The molecule has 0 spiro atoms. The van der Waals surface area contributed by atoms with Crippen LogP contribution >= 0.6 is 0 Å². The lowest BCUT2D eigenvalue weighted by molar-refractivity contribution is 0.636. The largest absolute Gasteiger partial charge is 0.255 e. The minimum Gasteiger partial charge on any atom is -0.255 e. The molecule has 1 heteroatoms. The summed E-state index contributed by atoms with van der Waals surface area (Å²) < 4.78 is 9.50. The number of benzene rings is 1. The smallest absolute Gasteiger partial charge is 0.0785 e. The first-order chi connectivity index (χ1) is 16.7. The average Bonchev–Trinajstić information content (AvgIpc) is 2.86. The third-order valence-electron chi connectivity index (χ3n) is 4.59. The molecule has 36 heavy (non-hydrogen) atoms. The van der Waals surface area contributed by atoms with Gasteiger partial charge in [-0.15, -0.1) is 19.7 Å². The van der Waals surface area contributed by atoms with Crippen molar-refractivity contribution in [3.63, 3.8) is 0 Å². The molecule has 0 aromatic heterocycles. The van der Waals surface area contributed by atoms with Crippen LogP contribution in [0.4, 0.5) is 4.39 Å². The van der Waals surface area contributed by atoms with Crippen molar-refractivity contribution in [3.8, 4) is 0 Å². The summed E-state index contributed by atoms with van der Waals surface area (Å²) in [5.74, 6) is 0.532. The van der Waals surface area contributed by atoms with Gasteiger partial charge in [-0.2, -0.15) is 0 Å². The van der Waals surface area contributed by atoms with Crippen molar-refractivity contribution in [1.82, 2.24) is 0 Å². The van der Waals surface area contributed by atoms with Gasteiger partial charge in [0, 0.05) is 0 Å². The van der Waals surface area contributed by atoms with Crippen LogP contribution in [0.5, 0.6) is 0 Å². The Morgan fingerprint density at radius 2 is 1.19 bits per heavy atom. The predicted molar refractivity (Wildman–Crippen MR) is 172 cm³/mol. The Labute approximate surface area is 226 Å². The van der Waals surface area contributed by atoms with Crippen molar-refractivity contribution in [3.05, 3.63) is 115 Å². The summed E-state index contributed by atoms with van der Waals surface area (Å²) in [7, 11) is 0.500. The molecule has 0 bridgehead atoms. The highest BCUT2D eigenvalue weighted by atomic mass is 19.1. The number of rotatable bonds is 6. The molecule has 1 rings (SSSR count). The molecular weight excluding hydrogens is 439 g/mol. The first-order valence-corrected chi connectivity index (χ1v) is 12.6. The van der Waals surface area contributed by atoms with Crippen LogP contribution in [0.25, 0.3) is 5.57 Å². The van der Waals surface area contributed by atoms with E-state index in [0.29, 0.717) is 13.1 Å². The molecule has 0 fully saturated rings. The number of hydrogen-bond donors (Lipinski definition) is 0. The van der Waals surface area contributed by atoms with Crippen molar-refractivity contribution in [2.24, 2.45) is 5.92 Å². The molecule has 0 aliphatic carbocycles. The lowest BCUT2D eigenvalue weighted by Crippen LogP contribution is -1.89. The molecule has 0 heterocycles. The Balaban J connectivity index is -0.000000122. The summed E-state index contributed by atoms with van der Waals surface area (Å²) in [6.45, 7) is 44.2. The van der Waals surface area contributed by atoms with Crippen molar-refractivity contribution < 1.29 is 4.39 Å². The van der Waals surface area contributed by atoms with Crippen LogP contribution in [-0.2, 0) is 6.42 Å². The maximum absolute atomic E-state index is 9.50. The second kappa shape index (κ2) is 30.4. The van der Waals surface area contributed by atoms with Crippen LogP contribution in [0.2, 0.25) is 0 Å². The summed E-state index contributed by atoms with van der Waals surface area (Å²) >= 11 is 0. The molecule has 0 amide bonds. The van der Waals surface area contributed by atoms with Gasteiger partial charge in [0.2, 0.25) is 0 Å². The van der Waals surface area contributed by atoms with E-state index in [1.54, 1.807) is 0 Å². The minimum absolute atomic E-state index is 0.500. The Bertz CT molecular complexity index is 759. The molecule has 0 saturated heterocycles. The van der Waals surface area contributed by atoms with E-state index in [9.17, 15) is 4.39 Å². The first-order valence-electron chi connectivity index (χ1n) is 12.6. The van der Waals surface area contributed by atoms with Crippen LogP contribution in [0.1, 0.15) is 93.7 Å². The molecule has 206 valence electrons. The zero-order valence-electron chi connectivity index (χ0n) is 26.1. The van der Waals surface area contributed by atoms with Crippen molar-refractivity contribution in [1.29, 1.82) is 0 Å². The third-order valence-corrected chi connectivity index (χ3v) is 4.59. The van der Waals surface area contributed by atoms with Crippen molar-refractivity contribution >= 4 is 5.57 Å². The zero-order chi connectivity index (χ0) is 29.9. The fourth-order valence-electron chi connectivity index (χ4n) is 1.75. The standard InChI is InChI=1S/C12H16.C11H18.C5H10.C4H8.C2H4.CH3F/c1-4-10(3)12-8-6-11(5-2)7-9-12;1-8(2)10(5)7-11(6)9(3)4;1-4-5(2)3;1-4(2)3;2*1-2/h6-9H,3-5H2,1-2H3;7,9H,1,6H2,2-5H3;4H,1-3H3;1H2,2-3H3;1-2H2;1H3/b;10-7+;;;;. The Hall–Kier alpha value is -2.67. The van der Waals surface area contributed by atoms with Crippen LogP contribution in [-0.4, -0.2) is 7.18 Å². The van der Waals surface area contributed by atoms with Gasteiger partial charge in [-0.05, 0) is 89.5 Å². The van der Waals surface area contributed by atoms with Gasteiger partial charge in [0.15, 0.2) is 0 Å². The van der Waals surface area contributed by atoms with E-state index in [4.69, 9.17) is 0 Å². The van der Waals surface area contributed by atoms with E-state index in [1.807, 2.05) is 27.7 Å². The summed E-state index contributed by atoms with van der Waals surface area (Å²) in [6.07, 6.45) is 6.33. The van der Waals surface area contributed by atoms with E-state index in [2.05, 4.69) is 124 Å². The lowest BCUT2D eigenvalue weighted by Gasteiger charge is -2.05. The van der Waals surface area contributed by atoms with E-state index in [1.165, 1.54) is 39.0 Å². The molecule has 0 aliphatic rings. The predicted octanol–water partition coefficient (Wildman–Crippen LogP) is 12.3. The van der Waals surface area contributed by atoms with Gasteiger partial charge in [-0.3, -0.25) is 4.39 Å². The van der Waals surface area contributed by atoms with Gasteiger partial charge in [-0.25, -0.2) is 0 Å². The number of aryl methyl sites for hydroxylation is 1. The molecule has 1 aromatic carbocycles. The van der Waals surface area contributed by atoms with E-state index in [-0.39, 0.29) is 0 Å². The van der Waals surface area contributed by atoms with Gasteiger partial charge in [-0.1, -0.05) is 106 Å². The van der Waals surface area contributed by atoms with Crippen LogP contribution in [0.3, 0.4) is 0 Å². The van der Waals surface area contributed by atoms with E-state index in [0.717, 1.165) is 18.4 Å². The highest BCUT2D eigenvalue weighted by Gasteiger charge is 1.97. The van der Waals surface area contributed by atoms with Crippen molar-refractivity contribution in [2.45, 2.75) is 89.0 Å². The quantitative estimate of drug-likeness (QED) is 0.270. The summed E-state index contributed by atoms with van der Waals surface area (Å²) in [4.78, 5) is 0. The third kappa shape index (κ3) is 33.5. The maximum atomic E-state index is 9.50. The SMILES string of the molecule is C=C.C=C(C)/C(C)=C/C(=C)C(C)C.C=C(C)C.C=C(CC)c1ccc(CC)cc1.CC=C(C)C.CF. The molecule has 0 unspecified atom stereocenters. The normalized spacial score (nSPS) is 8.89. The molecule has 0 aliphatic heterocycles. The number of halogens is 1. The highest BCUT2D eigenvalue weighted by Crippen LogP contribution is 2.16. The second-order valence-corrected chi connectivity index (χ2v) is 8.92. The summed E-state index contributed by atoms with van der Waals surface area (Å²) in [6, 6.07) is 8.67. The van der Waals surface area contributed by atoms with Gasteiger partial charge in [0.25, 0.3) is 0 Å². The van der Waals surface area contributed by atoms with Crippen LogP contribution < -0.4 is 0 Å². The van der Waals surface area contributed by atoms with Gasteiger partial charge in [0.1, 0.15) is 0 Å². The Morgan fingerprint density at radius 3 is 1.42 bits per heavy atom. The fourth-order valence-corrected chi connectivity index (χ4v) is 1.75. The summed E-state index contributed by atoms with van der Waals surface area (Å²) in [5.41, 5.74) is 9.95. The lowest BCUT2D eigenvalue weighted by atomic mass is 10.0. The fraction of sp³-hybridized carbons (Fsp3) is 0.429. The topological polar surface area (TPSA) is 0 Å². The van der Waals surface area contributed by atoms with Crippen LogP contribution in [0, 0.1) is 5.92 Å². The molecule has 1 aromatic rings. The molecule has 0 atom stereocenters. The van der Waals surface area contributed by atoms with Crippen molar-refractivity contribution in [2.75, 3.05) is 7.18 Å². The molecular formula is C35H59F. The molecule has 0 nitrogen and oxygen atoms in total. The maximum Gasteiger partial charge on any atom is 0.0785 e. The van der Waals surface area contributed by atoms with Gasteiger partial charge in [0.05, 0.1) is 7.18 Å². The number of allylic oxidation sites excluding steroid dienone is 8. The number of hydrogen-bond acceptors (Lipinski definition) is 0. The molecule has 0 N–H and O–H groups in total. The Kier molecular flexibility index (Phi) is 36.6. The highest BCUT2D eigenvalue weighted by molar-refractivity contribution is 5.63. The van der Waals surface area contributed by atoms with Gasteiger partial charge < -0.3 is 0 Å². The average molecular weight is 499 g/mol. The van der Waals surface area contributed by atoms with Gasteiger partial charge >= 0.3 is 0 Å². The Morgan fingerprint density at radius 1 is 0.833 bits per heavy atom. The second-order valence-electron chi connectivity index (χ2n) is 8.92. The van der Waals surface area contributed by atoms with E-state index < -0.39 is 0 Å². The minimum atomic E-state index is 0.500. The first kappa shape index (κ1) is 43.4.